The molecule has 0 aliphatic heterocycles. The second-order valence-electron chi connectivity index (χ2n) is 7.10. The highest BCUT2D eigenvalue weighted by molar-refractivity contribution is 7.18. The van der Waals surface area contributed by atoms with Crippen molar-refractivity contribution in [2.45, 2.75) is 26.8 Å². The van der Waals surface area contributed by atoms with Crippen LogP contribution in [0.15, 0.2) is 53.1 Å². The molecule has 1 aromatic carbocycles. The van der Waals surface area contributed by atoms with Crippen LogP contribution in [0.2, 0.25) is 0 Å². The summed E-state index contributed by atoms with van der Waals surface area (Å²) < 4.78 is 10.5. The molecule has 0 unspecified atom stereocenters. The van der Waals surface area contributed by atoms with Gasteiger partial charge < -0.3 is 19.8 Å². The zero-order chi connectivity index (χ0) is 22.5. The Morgan fingerprint density at radius 2 is 1.84 bits per heavy atom. The summed E-state index contributed by atoms with van der Waals surface area (Å²) >= 11 is 1.12. The van der Waals surface area contributed by atoms with Crippen LogP contribution in [0.25, 0.3) is 0 Å². The molecule has 0 saturated heterocycles. The number of ether oxygens (including phenoxy) is 1. The van der Waals surface area contributed by atoms with Crippen LogP contribution in [0.3, 0.4) is 0 Å². The van der Waals surface area contributed by atoms with E-state index in [1.807, 2.05) is 13.8 Å². The molecule has 0 saturated carbocycles. The summed E-state index contributed by atoms with van der Waals surface area (Å²) in [5.74, 6) is -0.394. The van der Waals surface area contributed by atoms with Crippen molar-refractivity contribution >= 4 is 39.9 Å². The predicted octanol–water partition coefficient (Wildman–Crippen LogP) is 4.68. The SMILES string of the molecule is Cc1cc(NC(=O)c2ccco2)sc1C(=O)Oc1ccc(N(C)C(=O)NC(C)C)cc1. The second-order valence-corrected chi connectivity index (χ2v) is 8.15. The number of hydrogen-bond donors (Lipinski definition) is 2. The lowest BCUT2D eigenvalue weighted by Crippen LogP contribution is -2.40. The minimum atomic E-state index is -0.528. The molecule has 0 spiro atoms. The first-order chi connectivity index (χ1) is 14.7. The van der Waals surface area contributed by atoms with Gasteiger partial charge in [-0.15, -0.1) is 11.3 Å². The first-order valence-electron chi connectivity index (χ1n) is 9.56. The molecule has 2 heterocycles. The molecule has 0 fully saturated rings. The summed E-state index contributed by atoms with van der Waals surface area (Å²) in [6.07, 6.45) is 1.41. The van der Waals surface area contributed by atoms with E-state index in [4.69, 9.17) is 9.15 Å². The number of aryl methyl sites for hydroxylation is 1. The molecule has 3 amide bonds. The van der Waals surface area contributed by atoms with Crippen molar-refractivity contribution in [3.63, 3.8) is 0 Å². The van der Waals surface area contributed by atoms with E-state index in [0.29, 0.717) is 26.9 Å². The van der Waals surface area contributed by atoms with Crippen molar-refractivity contribution in [1.82, 2.24) is 5.32 Å². The average molecular weight is 442 g/mol. The zero-order valence-electron chi connectivity index (χ0n) is 17.6. The van der Waals surface area contributed by atoms with Crippen molar-refractivity contribution in [2.75, 3.05) is 17.3 Å². The highest BCUT2D eigenvalue weighted by Gasteiger charge is 2.19. The van der Waals surface area contributed by atoms with Crippen molar-refractivity contribution < 1.29 is 23.5 Å². The van der Waals surface area contributed by atoms with Crippen LogP contribution in [-0.4, -0.2) is 31.0 Å². The molecule has 8 nitrogen and oxygen atoms in total. The number of nitrogens with zero attached hydrogens (tertiary/aromatic N) is 1. The number of esters is 1. The molecule has 2 N–H and O–H groups in total. The van der Waals surface area contributed by atoms with Gasteiger partial charge >= 0.3 is 12.0 Å². The number of amides is 3. The molecular formula is C22H23N3O5S. The van der Waals surface area contributed by atoms with Crippen LogP contribution in [0, 0.1) is 6.92 Å². The lowest BCUT2D eigenvalue weighted by atomic mass is 10.2. The van der Waals surface area contributed by atoms with Gasteiger partial charge in [0.2, 0.25) is 0 Å². The average Bonchev–Trinajstić information content (AvgIpc) is 3.37. The maximum absolute atomic E-state index is 12.6. The van der Waals surface area contributed by atoms with Gasteiger partial charge in [0.25, 0.3) is 5.91 Å². The third-order valence-corrected chi connectivity index (χ3v) is 5.37. The van der Waals surface area contributed by atoms with Gasteiger partial charge in [-0.25, -0.2) is 9.59 Å². The maximum Gasteiger partial charge on any atom is 0.354 e. The van der Waals surface area contributed by atoms with Gasteiger partial charge in [-0.05, 0) is 68.8 Å². The fourth-order valence-electron chi connectivity index (χ4n) is 2.68. The monoisotopic (exact) mass is 441 g/mol. The Kier molecular flexibility index (Phi) is 6.76. The summed E-state index contributed by atoms with van der Waals surface area (Å²) in [5.41, 5.74) is 1.35. The number of thiophene rings is 1. The molecule has 0 bridgehead atoms. The molecule has 0 aliphatic carbocycles. The van der Waals surface area contributed by atoms with E-state index >= 15 is 0 Å². The number of hydrogen-bond acceptors (Lipinski definition) is 6. The number of nitrogens with one attached hydrogen (secondary N) is 2. The largest absolute Gasteiger partial charge is 0.459 e. The van der Waals surface area contributed by atoms with Crippen LogP contribution in [-0.2, 0) is 0 Å². The molecule has 162 valence electrons. The van der Waals surface area contributed by atoms with Crippen LogP contribution in [0.5, 0.6) is 5.75 Å². The molecule has 0 aliphatic rings. The molecule has 2 aromatic heterocycles. The van der Waals surface area contributed by atoms with Crippen LogP contribution in [0.1, 0.15) is 39.6 Å². The van der Waals surface area contributed by atoms with E-state index in [0.717, 1.165) is 11.3 Å². The predicted molar refractivity (Wildman–Crippen MR) is 119 cm³/mol. The van der Waals surface area contributed by atoms with Gasteiger partial charge in [0.15, 0.2) is 5.76 Å². The fourth-order valence-corrected chi connectivity index (χ4v) is 3.62. The number of rotatable bonds is 6. The molecule has 0 radical (unpaired) electrons. The molecule has 3 rings (SSSR count). The Labute approximate surface area is 183 Å². The van der Waals surface area contributed by atoms with E-state index < -0.39 is 11.9 Å². The number of carbonyl (C=O) groups excluding carboxylic acids is 3. The number of urea groups is 1. The normalized spacial score (nSPS) is 10.6. The third kappa shape index (κ3) is 5.52. The summed E-state index contributed by atoms with van der Waals surface area (Å²) in [6, 6.07) is 11.3. The number of carbonyl (C=O) groups is 3. The molecule has 31 heavy (non-hydrogen) atoms. The quantitative estimate of drug-likeness (QED) is 0.427. The second kappa shape index (κ2) is 9.48. The highest BCUT2D eigenvalue weighted by Crippen LogP contribution is 2.29. The van der Waals surface area contributed by atoms with Crippen molar-refractivity contribution in [2.24, 2.45) is 0 Å². The Bertz CT molecular complexity index is 1070. The van der Waals surface area contributed by atoms with Crippen molar-refractivity contribution in [1.29, 1.82) is 0 Å². The van der Waals surface area contributed by atoms with Crippen molar-refractivity contribution in [3.05, 3.63) is 64.9 Å². The Balaban J connectivity index is 1.64. The first kappa shape index (κ1) is 22.1. The number of benzene rings is 1. The summed E-state index contributed by atoms with van der Waals surface area (Å²) in [4.78, 5) is 38.6. The summed E-state index contributed by atoms with van der Waals surface area (Å²) in [5, 5.41) is 6.02. The topological polar surface area (TPSA) is 101 Å². The molecule has 0 atom stereocenters. The minimum Gasteiger partial charge on any atom is -0.459 e. The fraction of sp³-hybridized carbons (Fsp3) is 0.227. The Morgan fingerprint density at radius 3 is 2.45 bits per heavy atom. The van der Waals surface area contributed by atoms with Crippen LogP contribution < -0.4 is 20.3 Å². The lowest BCUT2D eigenvalue weighted by molar-refractivity contribution is 0.0739. The van der Waals surface area contributed by atoms with E-state index in [9.17, 15) is 14.4 Å². The molecular weight excluding hydrogens is 418 g/mol. The number of furan rings is 1. The van der Waals surface area contributed by atoms with E-state index in [2.05, 4.69) is 10.6 Å². The van der Waals surface area contributed by atoms with Gasteiger partial charge in [-0.3, -0.25) is 9.69 Å². The standard InChI is InChI=1S/C22H23N3O5S/c1-13(2)23-22(28)25(4)15-7-9-16(10-8-15)30-21(27)19-14(3)12-18(31-19)24-20(26)17-6-5-11-29-17/h5-13H,1-4H3,(H,23,28)(H,24,26). The zero-order valence-corrected chi connectivity index (χ0v) is 18.4. The van der Waals surface area contributed by atoms with Gasteiger partial charge in [0, 0.05) is 18.8 Å². The highest BCUT2D eigenvalue weighted by atomic mass is 32.1. The third-order valence-electron chi connectivity index (χ3n) is 4.24. The summed E-state index contributed by atoms with van der Waals surface area (Å²) in [7, 11) is 1.66. The first-order valence-corrected chi connectivity index (χ1v) is 10.4. The number of anilines is 2. The lowest BCUT2D eigenvalue weighted by Gasteiger charge is -2.20. The molecule has 3 aromatic rings. The van der Waals surface area contributed by atoms with Gasteiger partial charge in [0.05, 0.1) is 11.3 Å². The van der Waals surface area contributed by atoms with E-state index in [1.54, 1.807) is 56.4 Å². The Hall–Kier alpha value is -3.59. The van der Waals surface area contributed by atoms with Crippen LogP contribution >= 0.6 is 11.3 Å². The Morgan fingerprint density at radius 1 is 1.13 bits per heavy atom. The smallest absolute Gasteiger partial charge is 0.354 e. The molecule has 9 heteroatoms. The van der Waals surface area contributed by atoms with Gasteiger partial charge in [-0.2, -0.15) is 0 Å². The van der Waals surface area contributed by atoms with Crippen molar-refractivity contribution in [3.8, 4) is 5.75 Å². The minimum absolute atomic E-state index is 0.0259. The van der Waals surface area contributed by atoms with E-state index in [1.165, 1.54) is 11.2 Å². The maximum atomic E-state index is 12.6. The van der Waals surface area contributed by atoms with Gasteiger partial charge in [0.1, 0.15) is 10.6 Å². The summed E-state index contributed by atoms with van der Waals surface area (Å²) in [6.45, 7) is 5.53. The van der Waals surface area contributed by atoms with Gasteiger partial charge in [-0.1, -0.05) is 0 Å². The van der Waals surface area contributed by atoms with E-state index in [-0.39, 0.29) is 17.8 Å². The van der Waals surface area contributed by atoms with Crippen LogP contribution in [0.4, 0.5) is 15.5 Å².